The fourth-order valence-electron chi connectivity index (χ4n) is 2.54. The number of likely N-dealkylation sites (N-methyl/N-ethyl adjacent to an activating group) is 2. The average Bonchev–Trinajstić information content (AvgIpc) is 2.56. The van der Waals surface area contributed by atoms with Crippen LogP contribution in [0.1, 0.15) is 34.1 Å². The van der Waals surface area contributed by atoms with E-state index in [0.29, 0.717) is 0 Å². The molecule has 3 nitrogen and oxygen atoms in total. The van der Waals surface area contributed by atoms with Crippen molar-refractivity contribution < 1.29 is 0 Å². The van der Waals surface area contributed by atoms with Crippen molar-refractivity contribution in [3.63, 3.8) is 0 Å². The zero-order valence-corrected chi connectivity index (χ0v) is 11.7. The average molecular weight is 227 g/mol. The first kappa shape index (κ1) is 13.9. The number of nitrogens with two attached hydrogens (primary N) is 1. The SMILES string of the molecule is CCN(CC(C)(C)CN)C1CC(C)N(C)C1. The summed E-state index contributed by atoms with van der Waals surface area (Å²) in [5, 5.41) is 0. The molecule has 0 bridgehead atoms. The Labute approximate surface area is 101 Å². The van der Waals surface area contributed by atoms with Crippen molar-refractivity contribution in [1.82, 2.24) is 9.80 Å². The Bertz CT molecular complexity index is 205. The standard InChI is InChI=1S/C13H29N3/c1-6-16(10-13(3,4)9-14)12-7-11(2)15(5)8-12/h11-12H,6-10,14H2,1-5H3. The van der Waals surface area contributed by atoms with Gasteiger partial charge in [0.15, 0.2) is 0 Å². The van der Waals surface area contributed by atoms with Gasteiger partial charge in [0.05, 0.1) is 0 Å². The van der Waals surface area contributed by atoms with Gasteiger partial charge in [0.25, 0.3) is 0 Å². The first-order chi connectivity index (χ1) is 7.39. The molecule has 0 aromatic heterocycles. The van der Waals surface area contributed by atoms with Crippen LogP contribution in [-0.2, 0) is 0 Å². The van der Waals surface area contributed by atoms with E-state index in [2.05, 4.69) is 44.5 Å². The predicted molar refractivity (Wildman–Crippen MR) is 70.6 cm³/mol. The Morgan fingerprint density at radius 3 is 2.44 bits per heavy atom. The van der Waals surface area contributed by atoms with Crippen molar-refractivity contribution in [3.8, 4) is 0 Å². The molecule has 1 rings (SSSR count). The number of likely N-dealkylation sites (tertiary alicyclic amines) is 1. The molecule has 0 aromatic rings. The Balaban J connectivity index is 2.55. The molecule has 0 spiro atoms. The lowest BCUT2D eigenvalue weighted by Gasteiger charge is -2.35. The second kappa shape index (κ2) is 5.48. The Morgan fingerprint density at radius 2 is 2.06 bits per heavy atom. The number of nitrogens with zero attached hydrogens (tertiary/aromatic N) is 2. The number of hydrogen-bond acceptors (Lipinski definition) is 3. The highest BCUT2D eigenvalue weighted by Gasteiger charge is 2.32. The van der Waals surface area contributed by atoms with Gasteiger partial charge >= 0.3 is 0 Å². The van der Waals surface area contributed by atoms with Crippen LogP contribution >= 0.6 is 0 Å². The van der Waals surface area contributed by atoms with E-state index in [-0.39, 0.29) is 5.41 Å². The lowest BCUT2D eigenvalue weighted by Crippen LogP contribution is -2.45. The monoisotopic (exact) mass is 227 g/mol. The van der Waals surface area contributed by atoms with Gasteiger partial charge in [0, 0.05) is 25.2 Å². The van der Waals surface area contributed by atoms with Gasteiger partial charge in [-0.05, 0) is 38.9 Å². The Morgan fingerprint density at radius 1 is 1.44 bits per heavy atom. The van der Waals surface area contributed by atoms with E-state index < -0.39 is 0 Å². The summed E-state index contributed by atoms with van der Waals surface area (Å²) in [7, 11) is 2.23. The molecule has 0 aromatic carbocycles. The minimum atomic E-state index is 0.237. The third kappa shape index (κ3) is 3.44. The lowest BCUT2D eigenvalue weighted by atomic mass is 9.92. The maximum absolute atomic E-state index is 5.83. The summed E-state index contributed by atoms with van der Waals surface area (Å²) in [6.07, 6.45) is 1.30. The second-order valence-corrected chi connectivity index (χ2v) is 6.11. The molecule has 1 aliphatic heterocycles. The van der Waals surface area contributed by atoms with Crippen molar-refractivity contribution in [2.45, 2.75) is 46.2 Å². The number of rotatable bonds is 5. The zero-order chi connectivity index (χ0) is 12.3. The van der Waals surface area contributed by atoms with Gasteiger partial charge in [-0.25, -0.2) is 0 Å². The molecule has 0 saturated carbocycles. The first-order valence-electron chi connectivity index (χ1n) is 6.54. The quantitative estimate of drug-likeness (QED) is 0.770. The highest BCUT2D eigenvalue weighted by Crippen LogP contribution is 2.23. The molecule has 3 heteroatoms. The van der Waals surface area contributed by atoms with E-state index >= 15 is 0 Å². The maximum atomic E-state index is 5.83. The zero-order valence-electron chi connectivity index (χ0n) is 11.7. The molecule has 2 unspecified atom stereocenters. The molecular weight excluding hydrogens is 198 g/mol. The van der Waals surface area contributed by atoms with Crippen LogP contribution < -0.4 is 5.73 Å². The van der Waals surface area contributed by atoms with Gasteiger partial charge in [-0.15, -0.1) is 0 Å². The Kier molecular flexibility index (Phi) is 4.77. The molecule has 2 N–H and O–H groups in total. The highest BCUT2D eigenvalue weighted by atomic mass is 15.3. The van der Waals surface area contributed by atoms with E-state index in [1.165, 1.54) is 13.0 Å². The summed E-state index contributed by atoms with van der Waals surface area (Å²) in [6, 6.07) is 1.44. The molecule has 0 radical (unpaired) electrons. The molecular formula is C13H29N3. The van der Waals surface area contributed by atoms with Crippen LogP contribution in [0.15, 0.2) is 0 Å². The van der Waals surface area contributed by atoms with Crippen LogP contribution in [0.25, 0.3) is 0 Å². The molecule has 96 valence electrons. The largest absolute Gasteiger partial charge is 0.330 e. The maximum Gasteiger partial charge on any atom is 0.0238 e. The van der Waals surface area contributed by atoms with Crippen molar-refractivity contribution in [1.29, 1.82) is 0 Å². The van der Waals surface area contributed by atoms with Crippen LogP contribution in [0.4, 0.5) is 0 Å². The third-order valence-corrected chi connectivity index (χ3v) is 3.97. The molecule has 1 aliphatic rings. The van der Waals surface area contributed by atoms with Gasteiger partial charge in [0.2, 0.25) is 0 Å². The molecule has 0 amide bonds. The third-order valence-electron chi connectivity index (χ3n) is 3.97. The van der Waals surface area contributed by atoms with Gasteiger partial charge < -0.3 is 10.6 Å². The Hall–Kier alpha value is -0.120. The van der Waals surface area contributed by atoms with E-state index in [4.69, 9.17) is 5.73 Å². The lowest BCUT2D eigenvalue weighted by molar-refractivity contribution is 0.141. The van der Waals surface area contributed by atoms with Crippen molar-refractivity contribution in [2.24, 2.45) is 11.1 Å². The van der Waals surface area contributed by atoms with Crippen LogP contribution in [0.5, 0.6) is 0 Å². The van der Waals surface area contributed by atoms with Crippen LogP contribution in [-0.4, -0.2) is 55.1 Å². The van der Waals surface area contributed by atoms with Gasteiger partial charge in [0.1, 0.15) is 0 Å². The summed E-state index contributed by atoms with van der Waals surface area (Å²) in [6.45, 7) is 13.3. The van der Waals surface area contributed by atoms with Crippen molar-refractivity contribution in [3.05, 3.63) is 0 Å². The van der Waals surface area contributed by atoms with Gasteiger partial charge in [-0.2, -0.15) is 0 Å². The smallest absolute Gasteiger partial charge is 0.0238 e. The molecule has 1 saturated heterocycles. The van der Waals surface area contributed by atoms with E-state index in [9.17, 15) is 0 Å². The minimum absolute atomic E-state index is 0.237. The molecule has 1 heterocycles. The predicted octanol–water partition coefficient (Wildman–Crippen LogP) is 1.39. The van der Waals surface area contributed by atoms with Crippen molar-refractivity contribution in [2.75, 3.05) is 33.2 Å². The molecule has 16 heavy (non-hydrogen) atoms. The van der Waals surface area contributed by atoms with Gasteiger partial charge in [-0.3, -0.25) is 4.90 Å². The van der Waals surface area contributed by atoms with Crippen LogP contribution in [0.3, 0.4) is 0 Å². The summed E-state index contributed by atoms with van der Waals surface area (Å²) in [4.78, 5) is 5.07. The molecule has 2 atom stereocenters. The topological polar surface area (TPSA) is 32.5 Å². The van der Waals surface area contributed by atoms with Crippen LogP contribution in [0, 0.1) is 5.41 Å². The molecule has 1 fully saturated rings. The normalized spacial score (nSPS) is 27.9. The number of hydrogen-bond donors (Lipinski definition) is 1. The summed E-state index contributed by atoms with van der Waals surface area (Å²) in [5.74, 6) is 0. The summed E-state index contributed by atoms with van der Waals surface area (Å²) in [5.41, 5.74) is 6.06. The van der Waals surface area contributed by atoms with Crippen molar-refractivity contribution >= 4 is 0 Å². The van der Waals surface area contributed by atoms with E-state index in [1.54, 1.807) is 0 Å². The summed E-state index contributed by atoms with van der Waals surface area (Å²) >= 11 is 0. The fraction of sp³-hybridized carbons (Fsp3) is 1.00. The van der Waals surface area contributed by atoms with Gasteiger partial charge in [-0.1, -0.05) is 20.8 Å². The minimum Gasteiger partial charge on any atom is -0.330 e. The summed E-state index contributed by atoms with van der Waals surface area (Å²) < 4.78 is 0. The first-order valence-corrected chi connectivity index (χ1v) is 6.54. The molecule has 0 aliphatic carbocycles. The van der Waals surface area contributed by atoms with Crippen LogP contribution in [0.2, 0.25) is 0 Å². The fourth-order valence-corrected chi connectivity index (χ4v) is 2.54. The highest BCUT2D eigenvalue weighted by molar-refractivity contribution is 4.88. The van der Waals surface area contributed by atoms with E-state index in [1.807, 2.05) is 0 Å². The van der Waals surface area contributed by atoms with E-state index in [0.717, 1.165) is 31.7 Å². The second-order valence-electron chi connectivity index (χ2n) is 6.11.